The van der Waals surface area contributed by atoms with Crippen LogP contribution < -0.4 is 9.80 Å². The molecule has 3 aromatic rings. The summed E-state index contributed by atoms with van der Waals surface area (Å²) in [6, 6.07) is 22.1. The third-order valence-electron chi connectivity index (χ3n) is 4.57. The monoisotopic (exact) mass is 434 g/mol. The number of aromatic hydroxyl groups is 1. The highest BCUT2D eigenvalue weighted by molar-refractivity contribution is 7.81. The molecule has 5 nitrogen and oxygen atoms in total. The van der Waals surface area contributed by atoms with E-state index in [0.717, 1.165) is 0 Å². The molecule has 3 aromatic carbocycles. The van der Waals surface area contributed by atoms with E-state index in [1.807, 2.05) is 12.1 Å². The van der Waals surface area contributed by atoms with Crippen LogP contribution in [0.15, 0.2) is 84.4 Å². The van der Waals surface area contributed by atoms with Crippen molar-refractivity contribution >= 4 is 58.2 Å². The highest BCUT2D eigenvalue weighted by Gasteiger charge is 2.41. The number of benzene rings is 3. The maximum Gasteiger partial charge on any atom is 0.270 e. The molecule has 148 valence electrons. The normalized spacial score (nSPS) is 14.3. The molecule has 0 aliphatic carbocycles. The Kier molecular flexibility index (Phi) is 5.35. The molecule has 1 fully saturated rings. The van der Waals surface area contributed by atoms with Gasteiger partial charge in [0.1, 0.15) is 11.3 Å². The van der Waals surface area contributed by atoms with E-state index in [-0.39, 0.29) is 22.0 Å². The van der Waals surface area contributed by atoms with Crippen molar-refractivity contribution in [2.45, 2.75) is 0 Å². The van der Waals surface area contributed by atoms with Gasteiger partial charge >= 0.3 is 0 Å². The first kappa shape index (κ1) is 19.8. The predicted octanol–water partition coefficient (Wildman–Crippen LogP) is 4.79. The average Bonchev–Trinajstić information content (AvgIpc) is 2.75. The Bertz CT molecular complexity index is 1120. The molecular weight excluding hydrogens is 420 g/mol. The third-order valence-corrected chi connectivity index (χ3v) is 5.17. The summed E-state index contributed by atoms with van der Waals surface area (Å²) in [7, 11) is 0. The average molecular weight is 435 g/mol. The zero-order valence-electron chi connectivity index (χ0n) is 15.5. The summed E-state index contributed by atoms with van der Waals surface area (Å²) in [5, 5.41) is 10.6. The van der Waals surface area contributed by atoms with Gasteiger partial charge in [0.25, 0.3) is 11.8 Å². The maximum atomic E-state index is 13.3. The smallest absolute Gasteiger partial charge is 0.270 e. The van der Waals surface area contributed by atoms with E-state index in [9.17, 15) is 14.7 Å². The van der Waals surface area contributed by atoms with Crippen LogP contribution in [-0.2, 0) is 9.59 Å². The number of hydrogen-bond acceptors (Lipinski definition) is 4. The number of amides is 2. The van der Waals surface area contributed by atoms with Gasteiger partial charge in [-0.3, -0.25) is 19.4 Å². The minimum Gasteiger partial charge on any atom is -0.507 e. The Labute approximate surface area is 183 Å². The molecule has 1 aliphatic heterocycles. The first-order chi connectivity index (χ1) is 14.5. The molecule has 7 heteroatoms. The van der Waals surface area contributed by atoms with Crippen LogP contribution in [0.4, 0.5) is 11.4 Å². The Morgan fingerprint density at radius 2 is 1.30 bits per heavy atom. The number of phenolic OH excluding ortho intramolecular Hbond substituents is 1. The fourth-order valence-corrected chi connectivity index (χ4v) is 3.69. The number of thiocarbonyl (C=S) groups is 1. The van der Waals surface area contributed by atoms with Gasteiger partial charge in [-0.25, -0.2) is 0 Å². The summed E-state index contributed by atoms with van der Waals surface area (Å²) in [6.07, 6.45) is 1.33. The number of halogens is 1. The molecule has 0 bridgehead atoms. The molecule has 0 atom stereocenters. The first-order valence-electron chi connectivity index (χ1n) is 9.00. The van der Waals surface area contributed by atoms with E-state index in [2.05, 4.69) is 0 Å². The van der Waals surface area contributed by atoms with Crippen molar-refractivity contribution in [3.05, 3.63) is 95.0 Å². The second-order valence-electron chi connectivity index (χ2n) is 6.50. The van der Waals surface area contributed by atoms with E-state index < -0.39 is 11.8 Å². The number of rotatable bonds is 3. The van der Waals surface area contributed by atoms with E-state index in [0.29, 0.717) is 16.4 Å². The van der Waals surface area contributed by atoms with Gasteiger partial charge in [0.2, 0.25) is 0 Å². The SMILES string of the molecule is O=C1C(=Cc2cc(Cl)ccc2O)C(=O)N(c2ccccc2)C(=S)N1c1ccccc1. The summed E-state index contributed by atoms with van der Waals surface area (Å²) >= 11 is 11.6. The lowest BCUT2D eigenvalue weighted by atomic mass is 10.0. The number of phenols is 1. The van der Waals surface area contributed by atoms with Gasteiger partial charge in [0, 0.05) is 10.6 Å². The summed E-state index contributed by atoms with van der Waals surface area (Å²) < 4.78 is 0. The molecule has 0 spiro atoms. The molecule has 0 aromatic heterocycles. The second kappa shape index (κ2) is 8.10. The number of anilines is 2. The highest BCUT2D eigenvalue weighted by Crippen LogP contribution is 2.31. The van der Waals surface area contributed by atoms with Gasteiger partial charge in [-0.05, 0) is 60.8 Å². The molecule has 0 saturated carbocycles. The van der Waals surface area contributed by atoms with Crippen LogP contribution in [0.2, 0.25) is 5.02 Å². The predicted molar refractivity (Wildman–Crippen MR) is 122 cm³/mol. The number of hydrogen-bond donors (Lipinski definition) is 1. The van der Waals surface area contributed by atoms with Gasteiger partial charge < -0.3 is 5.11 Å². The van der Waals surface area contributed by atoms with Gasteiger partial charge in [-0.2, -0.15) is 0 Å². The van der Waals surface area contributed by atoms with Crippen molar-refractivity contribution in [1.82, 2.24) is 0 Å². The van der Waals surface area contributed by atoms with Gasteiger partial charge in [0.05, 0.1) is 11.4 Å². The van der Waals surface area contributed by atoms with Crippen molar-refractivity contribution in [3.63, 3.8) is 0 Å². The van der Waals surface area contributed by atoms with Crippen LogP contribution in [-0.4, -0.2) is 22.0 Å². The van der Waals surface area contributed by atoms with Crippen LogP contribution in [0.25, 0.3) is 6.08 Å². The summed E-state index contributed by atoms with van der Waals surface area (Å²) in [6.45, 7) is 0. The second-order valence-corrected chi connectivity index (χ2v) is 7.30. The molecule has 30 heavy (non-hydrogen) atoms. The molecular formula is C23H15ClN2O3S. The van der Waals surface area contributed by atoms with Crippen molar-refractivity contribution in [2.24, 2.45) is 0 Å². The summed E-state index contributed by atoms with van der Waals surface area (Å²) in [5.74, 6) is -1.26. The number of nitrogens with zero attached hydrogens (tertiary/aromatic N) is 2. The largest absolute Gasteiger partial charge is 0.507 e. The van der Waals surface area contributed by atoms with Crippen molar-refractivity contribution in [2.75, 3.05) is 9.80 Å². The van der Waals surface area contributed by atoms with E-state index in [4.69, 9.17) is 23.8 Å². The Morgan fingerprint density at radius 3 is 1.80 bits per heavy atom. The number of carbonyl (C=O) groups excluding carboxylic acids is 2. The topological polar surface area (TPSA) is 60.9 Å². The van der Waals surface area contributed by atoms with Crippen LogP contribution in [0, 0.1) is 0 Å². The lowest BCUT2D eigenvalue weighted by molar-refractivity contribution is -0.120. The Balaban J connectivity index is 1.90. The zero-order valence-corrected chi connectivity index (χ0v) is 17.1. The molecule has 1 saturated heterocycles. The maximum absolute atomic E-state index is 13.3. The van der Waals surface area contributed by atoms with Crippen LogP contribution in [0.5, 0.6) is 5.75 Å². The zero-order chi connectivity index (χ0) is 21.3. The van der Waals surface area contributed by atoms with E-state index in [1.54, 1.807) is 48.5 Å². The highest BCUT2D eigenvalue weighted by atomic mass is 35.5. The molecule has 1 heterocycles. The van der Waals surface area contributed by atoms with Crippen LogP contribution in [0.1, 0.15) is 5.56 Å². The van der Waals surface area contributed by atoms with Gasteiger partial charge in [-0.1, -0.05) is 48.0 Å². The fraction of sp³-hybridized carbons (Fsp3) is 0. The van der Waals surface area contributed by atoms with E-state index >= 15 is 0 Å². The third kappa shape index (κ3) is 3.58. The van der Waals surface area contributed by atoms with Crippen LogP contribution >= 0.6 is 23.8 Å². The molecule has 1 N–H and O–H groups in total. The van der Waals surface area contributed by atoms with Crippen molar-refractivity contribution in [1.29, 1.82) is 0 Å². The van der Waals surface area contributed by atoms with E-state index in [1.165, 1.54) is 34.1 Å². The minimum absolute atomic E-state index is 0.0508. The summed E-state index contributed by atoms with van der Waals surface area (Å²) in [5.41, 5.74) is 1.17. The first-order valence-corrected chi connectivity index (χ1v) is 9.79. The molecule has 0 unspecified atom stereocenters. The fourth-order valence-electron chi connectivity index (χ4n) is 3.14. The molecule has 1 aliphatic rings. The van der Waals surface area contributed by atoms with Crippen molar-refractivity contribution < 1.29 is 14.7 Å². The molecule has 0 radical (unpaired) electrons. The van der Waals surface area contributed by atoms with Crippen molar-refractivity contribution in [3.8, 4) is 5.75 Å². The quantitative estimate of drug-likeness (QED) is 0.365. The standard InChI is InChI=1S/C23H15ClN2O3S/c24-16-11-12-20(27)15(13-16)14-19-21(28)25(17-7-3-1-4-8-17)23(30)26(22(19)29)18-9-5-2-6-10-18/h1-14,27H. The van der Waals surface area contributed by atoms with Gasteiger partial charge in [-0.15, -0.1) is 0 Å². The number of carbonyl (C=O) groups is 2. The van der Waals surface area contributed by atoms with Crippen LogP contribution in [0.3, 0.4) is 0 Å². The minimum atomic E-state index is -0.581. The lowest BCUT2D eigenvalue weighted by Gasteiger charge is -2.36. The molecule has 4 rings (SSSR count). The number of para-hydroxylation sites is 2. The Hall–Kier alpha value is -3.48. The Morgan fingerprint density at radius 1 is 0.800 bits per heavy atom. The molecule has 2 amide bonds. The van der Waals surface area contributed by atoms with Gasteiger partial charge in [0.15, 0.2) is 5.11 Å². The summed E-state index contributed by atoms with van der Waals surface area (Å²) in [4.78, 5) is 29.3. The lowest BCUT2D eigenvalue weighted by Crippen LogP contribution is -2.56.